The molecular weight excluding hydrogens is 383 g/mol. The number of nitrogen functional groups attached to an aromatic ring is 1. The number of benzene rings is 1. The SMILES string of the molecule is CSc1ccc(NC(=O)c2sc3nc(C(F)(F)F)cc(C)c3c2N)cc1. The number of aryl methyl sites for hydroxylation is 1. The number of rotatable bonds is 3. The molecular formula is C17H14F3N3OS2. The lowest BCUT2D eigenvalue weighted by Gasteiger charge is -2.07. The molecule has 26 heavy (non-hydrogen) atoms. The minimum Gasteiger partial charge on any atom is -0.397 e. The van der Waals surface area contributed by atoms with E-state index in [1.807, 2.05) is 18.4 Å². The Labute approximate surface area is 155 Å². The minimum atomic E-state index is -4.56. The number of carbonyl (C=O) groups is 1. The number of carbonyl (C=O) groups excluding carboxylic acids is 1. The molecule has 9 heteroatoms. The highest BCUT2D eigenvalue weighted by Crippen LogP contribution is 2.38. The van der Waals surface area contributed by atoms with Gasteiger partial charge in [0, 0.05) is 16.0 Å². The number of fused-ring (bicyclic) bond motifs is 1. The Morgan fingerprint density at radius 2 is 1.92 bits per heavy atom. The zero-order valence-electron chi connectivity index (χ0n) is 13.8. The summed E-state index contributed by atoms with van der Waals surface area (Å²) in [7, 11) is 0. The minimum absolute atomic E-state index is 0.0951. The van der Waals surface area contributed by atoms with Crippen LogP contribution in [-0.4, -0.2) is 17.1 Å². The van der Waals surface area contributed by atoms with Gasteiger partial charge in [-0.3, -0.25) is 4.79 Å². The third-order valence-corrected chi connectivity index (χ3v) is 5.58. The number of alkyl halides is 3. The fourth-order valence-corrected chi connectivity index (χ4v) is 3.96. The average Bonchev–Trinajstić information content (AvgIpc) is 2.92. The maximum atomic E-state index is 12.9. The molecule has 4 nitrogen and oxygen atoms in total. The van der Waals surface area contributed by atoms with Gasteiger partial charge in [0.15, 0.2) is 0 Å². The van der Waals surface area contributed by atoms with Crippen LogP contribution in [0.3, 0.4) is 0 Å². The zero-order chi connectivity index (χ0) is 19.1. The van der Waals surface area contributed by atoms with Crippen molar-refractivity contribution in [1.29, 1.82) is 0 Å². The van der Waals surface area contributed by atoms with E-state index in [4.69, 9.17) is 5.73 Å². The van der Waals surface area contributed by atoms with Crippen LogP contribution in [0.25, 0.3) is 10.2 Å². The van der Waals surface area contributed by atoms with Crippen LogP contribution in [0, 0.1) is 6.92 Å². The van der Waals surface area contributed by atoms with Crippen LogP contribution in [0.4, 0.5) is 24.5 Å². The van der Waals surface area contributed by atoms with Crippen molar-refractivity contribution in [2.75, 3.05) is 17.3 Å². The van der Waals surface area contributed by atoms with Crippen LogP contribution in [0.1, 0.15) is 20.9 Å². The molecule has 2 aromatic heterocycles. The zero-order valence-corrected chi connectivity index (χ0v) is 15.4. The Bertz CT molecular complexity index is 982. The van der Waals surface area contributed by atoms with Crippen molar-refractivity contribution in [1.82, 2.24) is 4.98 Å². The highest BCUT2D eigenvalue weighted by Gasteiger charge is 2.34. The molecule has 0 fully saturated rings. The number of nitrogens with two attached hydrogens (primary N) is 1. The van der Waals surface area contributed by atoms with Crippen LogP contribution in [0.2, 0.25) is 0 Å². The molecule has 1 aromatic carbocycles. The molecule has 0 unspecified atom stereocenters. The molecule has 3 rings (SSSR count). The Balaban J connectivity index is 1.97. The number of thiophene rings is 1. The predicted octanol–water partition coefficient (Wildman–Crippen LogP) is 5.18. The molecule has 0 aliphatic rings. The maximum Gasteiger partial charge on any atom is 0.433 e. The molecule has 2 heterocycles. The van der Waals surface area contributed by atoms with E-state index in [2.05, 4.69) is 10.3 Å². The second kappa shape index (κ2) is 6.81. The Hall–Kier alpha value is -2.26. The maximum absolute atomic E-state index is 12.9. The van der Waals surface area contributed by atoms with Crippen molar-refractivity contribution in [2.45, 2.75) is 18.0 Å². The largest absolute Gasteiger partial charge is 0.433 e. The molecule has 1 amide bonds. The summed E-state index contributed by atoms with van der Waals surface area (Å²) in [5.74, 6) is -0.477. The summed E-state index contributed by atoms with van der Waals surface area (Å²) in [6.45, 7) is 1.52. The molecule has 0 bridgehead atoms. The third kappa shape index (κ3) is 3.49. The monoisotopic (exact) mass is 397 g/mol. The lowest BCUT2D eigenvalue weighted by molar-refractivity contribution is -0.141. The molecule has 3 aromatic rings. The lowest BCUT2D eigenvalue weighted by atomic mass is 10.1. The predicted molar refractivity (Wildman–Crippen MR) is 99.9 cm³/mol. The number of hydrogen-bond donors (Lipinski definition) is 2. The fourth-order valence-electron chi connectivity index (χ4n) is 2.49. The summed E-state index contributed by atoms with van der Waals surface area (Å²) in [4.78, 5) is 17.4. The van der Waals surface area contributed by atoms with Gasteiger partial charge < -0.3 is 11.1 Å². The average molecular weight is 397 g/mol. The molecule has 0 saturated carbocycles. The molecule has 0 aliphatic carbocycles. The quantitative estimate of drug-likeness (QED) is 0.598. The summed E-state index contributed by atoms with van der Waals surface area (Å²) < 4.78 is 38.8. The second-order valence-electron chi connectivity index (χ2n) is 5.53. The number of aromatic nitrogens is 1. The van der Waals surface area contributed by atoms with Gasteiger partial charge in [-0.2, -0.15) is 13.2 Å². The number of nitrogens with one attached hydrogen (secondary N) is 1. The molecule has 0 radical (unpaired) electrons. The number of pyridine rings is 1. The number of thioether (sulfide) groups is 1. The number of hydrogen-bond acceptors (Lipinski definition) is 5. The second-order valence-corrected chi connectivity index (χ2v) is 7.41. The van der Waals surface area contributed by atoms with Gasteiger partial charge in [-0.25, -0.2) is 4.98 Å². The van der Waals surface area contributed by atoms with E-state index < -0.39 is 17.8 Å². The lowest BCUT2D eigenvalue weighted by Crippen LogP contribution is -2.11. The summed E-state index contributed by atoms with van der Waals surface area (Å²) >= 11 is 2.42. The summed E-state index contributed by atoms with van der Waals surface area (Å²) in [6, 6.07) is 8.15. The van der Waals surface area contributed by atoms with Crippen LogP contribution >= 0.6 is 23.1 Å². The van der Waals surface area contributed by atoms with Crippen LogP contribution in [0.15, 0.2) is 35.2 Å². The van der Waals surface area contributed by atoms with E-state index in [-0.39, 0.29) is 15.4 Å². The van der Waals surface area contributed by atoms with E-state index >= 15 is 0 Å². The Morgan fingerprint density at radius 3 is 2.50 bits per heavy atom. The van der Waals surface area contributed by atoms with Gasteiger partial charge in [0.2, 0.25) is 0 Å². The highest BCUT2D eigenvalue weighted by molar-refractivity contribution is 7.98. The van der Waals surface area contributed by atoms with E-state index in [0.29, 0.717) is 16.6 Å². The number of anilines is 2. The number of amides is 1. The van der Waals surface area contributed by atoms with Crippen LogP contribution < -0.4 is 11.1 Å². The van der Waals surface area contributed by atoms with Crippen molar-refractivity contribution in [3.05, 3.63) is 46.5 Å². The van der Waals surface area contributed by atoms with Crippen molar-refractivity contribution in [3.8, 4) is 0 Å². The molecule has 0 atom stereocenters. The van der Waals surface area contributed by atoms with E-state index in [0.717, 1.165) is 22.3 Å². The first-order valence-electron chi connectivity index (χ1n) is 7.43. The van der Waals surface area contributed by atoms with Crippen molar-refractivity contribution in [3.63, 3.8) is 0 Å². The fraction of sp³-hybridized carbons (Fsp3) is 0.176. The van der Waals surface area contributed by atoms with E-state index in [1.165, 1.54) is 6.92 Å². The molecule has 3 N–H and O–H groups in total. The smallest absolute Gasteiger partial charge is 0.397 e. The first kappa shape index (κ1) is 18.5. The molecule has 0 saturated heterocycles. The van der Waals surface area contributed by atoms with E-state index in [9.17, 15) is 18.0 Å². The topological polar surface area (TPSA) is 68.0 Å². The Morgan fingerprint density at radius 1 is 1.27 bits per heavy atom. The first-order valence-corrected chi connectivity index (χ1v) is 9.47. The normalized spacial score (nSPS) is 11.7. The summed E-state index contributed by atoms with van der Waals surface area (Å²) in [6.07, 6.45) is -2.62. The van der Waals surface area contributed by atoms with Crippen LogP contribution in [0.5, 0.6) is 0 Å². The molecule has 136 valence electrons. The van der Waals surface area contributed by atoms with Crippen molar-refractivity contribution < 1.29 is 18.0 Å². The highest BCUT2D eigenvalue weighted by atomic mass is 32.2. The molecule has 0 spiro atoms. The number of halogens is 3. The van der Waals surface area contributed by atoms with Gasteiger partial charge in [-0.05, 0) is 49.1 Å². The van der Waals surface area contributed by atoms with Gasteiger partial charge in [0.05, 0.1) is 5.69 Å². The van der Waals surface area contributed by atoms with Gasteiger partial charge in [-0.15, -0.1) is 23.1 Å². The number of nitrogens with zero attached hydrogens (tertiary/aromatic N) is 1. The van der Waals surface area contributed by atoms with Gasteiger partial charge in [0.1, 0.15) is 15.4 Å². The Kier molecular flexibility index (Phi) is 4.85. The van der Waals surface area contributed by atoms with Gasteiger partial charge in [0.25, 0.3) is 5.91 Å². The summed E-state index contributed by atoms with van der Waals surface area (Å²) in [5, 5.41) is 3.09. The van der Waals surface area contributed by atoms with Crippen LogP contribution in [-0.2, 0) is 6.18 Å². The van der Waals surface area contributed by atoms with E-state index in [1.54, 1.807) is 23.9 Å². The van der Waals surface area contributed by atoms with Crippen molar-refractivity contribution in [2.24, 2.45) is 0 Å². The van der Waals surface area contributed by atoms with Crippen molar-refractivity contribution >= 4 is 50.6 Å². The van der Waals surface area contributed by atoms with Gasteiger partial charge >= 0.3 is 6.18 Å². The molecule has 0 aliphatic heterocycles. The van der Waals surface area contributed by atoms with Gasteiger partial charge in [-0.1, -0.05) is 0 Å². The first-order chi connectivity index (χ1) is 12.2. The summed E-state index contributed by atoms with van der Waals surface area (Å²) in [5.41, 5.74) is 6.08. The third-order valence-electron chi connectivity index (χ3n) is 3.74. The standard InChI is InChI=1S/C17H14F3N3OS2/c1-8-7-11(17(18,19)20)23-16-12(8)13(21)14(26-16)15(24)22-9-3-5-10(25-2)6-4-9/h3-7H,21H2,1-2H3,(H,22,24).